The van der Waals surface area contributed by atoms with Gasteiger partial charge in [0.05, 0.1) is 19.7 Å². The molecule has 2 aromatic carbocycles. The van der Waals surface area contributed by atoms with Crippen molar-refractivity contribution in [1.82, 2.24) is 24.9 Å². The van der Waals surface area contributed by atoms with Crippen LogP contribution in [0.4, 0.5) is 19.1 Å². The molecule has 9 nitrogen and oxygen atoms in total. The van der Waals surface area contributed by atoms with Crippen molar-refractivity contribution in [2.24, 2.45) is 0 Å². The zero-order chi connectivity index (χ0) is 25.2. The zero-order valence-electron chi connectivity index (χ0n) is 19.7. The molecule has 1 aliphatic heterocycles. The summed E-state index contributed by atoms with van der Waals surface area (Å²) < 4.78 is 56.8. The number of anilines is 1. The van der Waals surface area contributed by atoms with E-state index in [0.29, 0.717) is 40.8 Å². The third-order valence-electron chi connectivity index (χ3n) is 6.15. The number of alkyl halides is 2. The molecule has 36 heavy (non-hydrogen) atoms. The van der Waals surface area contributed by atoms with Crippen molar-refractivity contribution in [3.05, 3.63) is 47.5 Å². The second-order valence-electron chi connectivity index (χ2n) is 8.39. The number of fused-ring (bicyclic) bond motifs is 3. The van der Waals surface area contributed by atoms with Gasteiger partial charge < -0.3 is 24.8 Å². The second-order valence-corrected chi connectivity index (χ2v) is 8.39. The summed E-state index contributed by atoms with van der Waals surface area (Å²) in [7, 11) is 3.13. The molecule has 0 saturated carbocycles. The molecule has 5 rings (SSSR count). The highest BCUT2D eigenvalue weighted by molar-refractivity contribution is 5.93. The van der Waals surface area contributed by atoms with Gasteiger partial charge in [-0.3, -0.25) is 0 Å². The molecule has 3 heterocycles. The van der Waals surface area contributed by atoms with Gasteiger partial charge in [-0.05, 0) is 37.6 Å². The van der Waals surface area contributed by atoms with Crippen LogP contribution in [0.1, 0.15) is 30.1 Å². The van der Waals surface area contributed by atoms with Gasteiger partial charge in [-0.15, -0.1) is 5.10 Å². The number of methoxy groups -OCH3 is 2. The van der Waals surface area contributed by atoms with E-state index in [1.54, 1.807) is 20.3 Å². The molecule has 1 atom stereocenters. The fourth-order valence-corrected chi connectivity index (χ4v) is 4.34. The third-order valence-corrected chi connectivity index (χ3v) is 6.15. The van der Waals surface area contributed by atoms with E-state index in [-0.39, 0.29) is 11.4 Å². The summed E-state index contributed by atoms with van der Waals surface area (Å²) in [5.41, 5.74) is 1.43. The van der Waals surface area contributed by atoms with Gasteiger partial charge in [-0.25, -0.2) is 14.4 Å². The van der Waals surface area contributed by atoms with Crippen LogP contribution >= 0.6 is 0 Å². The fourth-order valence-electron chi connectivity index (χ4n) is 4.34. The maximum atomic E-state index is 14.6. The van der Waals surface area contributed by atoms with Gasteiger partial charge >= 0.3 is 6.61 Å². The molecule has 2 aromatic heterocycles. The van der Waals surface area contributed by atoms with Crippen LogP contribution in [0.2, 0.25) is 0 Å². The summed E-state index contributed by atoms with van der Waals surface area (Å²) in [4.78, 5) is 9.26. The molecule has 190 valence electrons. The normalized spacial score (nSPS) is 16.0. The van der Waals surface area contributed by atoms with Crippen molar-refractivity contribution in [3.63, 3.8) is 0 Å². The highest BCUT2D eigenvalue weighted by atomic mass is 19.3. The van der Waals surface area contributed by atoms with Crippen LogP contribution in [0.25, 0.3) is 16.6 Å². The SMILES string of the molecule is COc1ccc(CNc2nc3cc(OC(F)F)c(F)cc3c3nc(C4CCCNC4)nn23)c(OC)c1. The van der Waals surface area contributed by atoms with Crippen LogP contribution in [0.3, 0.4) is 0 Å². The highest BCUT2D eigenvalue weighted by Gasteiger charge is 2.23. The van der Waals surface area contributed by atoms with E-state index < -0.39 is 18.2 Å². The summed E-state index contributed by atoms with van der Waals surface area (Å²) in [5, 5.41) is 11.6. The van der Waals surface area contributed by atoms with Crippen molar-refractivity contribution < 1.29 is 27.4 Å². The van der Waals surface area contributed by atoms with Crippen molar-refractivity contribution in [2.45, 2.75) is 31.9 Å². The van der Waals surface area contributed by atoms with Crippen LogP contribution in [-0.2, 0) is 6.54 Å². The number of nitrogens with one attached hydrogen (secondary N) is 2. The van der Waals surface area contributed by atoms with Gasteiger partial charge in [-0.1, -0.05) is 0 Å². The molecule has 0 amide bonds. The number of rotatable bonds is 8. The van der Waals surface area contributed by atoms with Crippen LogP contribution in [0, 0.1) is 5.82 Å². The Kier molecular flexibility index (Phi) is 6.68. The van der Waals surface area contributed by atoms with E-state index in [0.717, 1.165) is 43.6 Å². The maximum Gasteiger partial charge on any atom is 0.387 e. The van der Waals surface area contributed by atoms with Crippen molar-refractivity contribution in [3.8, 4) is 17.2 Å². The number of nitrogens with zero attached hydrogens (tertiary/aromatic N) is 4. The van der Waals surface area contributed by atoms with Gasteiger partial charge in [-0.2, -0.15) is 13.3 Å². The van der Waals surface area contributed by atoms with Crippen molar-refractivity contribution in [2.75, 3.05) is 32.6 Å². The Morgan fingerprint density at radius 1 is 1.14 bits per heavy atom. The number of hydrogen-bond donors (Lipinski definition) is 2. The monoisotopic (exact) mass is 502 g/mol. The van der Waals surface area contributed by atoms with Gasteiger partial charge in [0.15, 0.2) is 23.0 Å². The van der Waals surface area contributed by atoms with Crippen molar-refractivity contribution >= 4 is 22.5 Å². The molecule has 1 unspecified atom stereocenters. The van der Waals surface area contributed by atoms with Gasteiger partial charge in [0.2, 0.25) is 5.95 Å². The highest BCUT2D eigenvalue weighted by Crippen LogP contribution is 2.31. The predicted molar refractivity (Wildman–Crippen MR) is 127 cm³/mol. The van der Waals surface area contributed by atoms with Gasteiger partial charge in [0, 0.05) is 42.1 Å². The Hall–Kier alpha value is -3.80. The Morgan fingerprint density at radius 3 is 2.72 bits per heavy atom. The Morgan fingerprint density at radius 2 is 2.00 bits per heavy atom. The number of piperidine rings is 1. The minimum absolute atomic E-state index is 0.0921. The Labute approximate surface area is 204 Å². The number of halogens is 3. The first kappa shape index (κ1) is 23.9. The largest absolute Gasteiger partial charge is 0.497 e. The minimum atomic E-state index is -3.17. The summed E-state index contributed by atoms with van der Waals surface area (Å²) in [6.07, 6.45) is 1.91. The number of aromatic nitrogens is 4. The smallest absolute Gasteiger partial charge is 0.387 e. The molecule has 0 aliphatic carbocycles. The van der Waals surface area contributed by atoms with E-state index in [4.69, 9.17) is 14.5 Å². The number of ether oxygens (including phenoxy) is 3. The first-order valence-electron chi connectivity index (χ1n) is 11.5. The number of benzene rings is 2. The predicted octanol–water partition coefficient (Wildman–Crippen LogP) is 4.11. The van der Waals surface area contributed by atoms with E-state index in [1.807, 2.05) is 12.1 Å². The molecule has 12 heteroatoms. The number of hydrogen-bond acceptors (Lipinski definition) is 8. The first-order valence-corrected chi connectivity index (χ1v) is 11.5. The molecule has 1 fully saturated rings. The molecular formula is C24H25F3N6O3. The lowest BCUT2D eigenvalue weighted by Crippen LogP contribution is -2.29. The van der Waals surface area contributed by atoms with E-state index in [9.17, 15) is 13.2 Å². The van der Waals surface area contributed by atoms with Crippen LogP contribution in [0.5, 0.6) is 17.2 Å². The molecular weight excluding hydrogens is 477 g/mol. The average molecular weight is 502 g/mol. The first-order chi connectivity index (χ1) is 17.5. The summed E-state index contributed by atoms with van der Waals surface area (Å²) in [6, 6.07) is 7.67. The Balaban J connectivity index is 1.59. The lowest BCUT2D eigenvalue weighted by Gasteiger charge is -2.19. The molecule has 0 radical (unpaired) electrons. The molecule has 4 aromatic rings. The minimum Gasteiger partial charge on any atom is -0.497 e. The Bertz CT molecular complexity index is 1390. The lowest BCUT2D eigenvalue weighted by molar-refractivity contribution is -0.0520. The van der Waals surface area contributed by atoms with E-state index in [2.05, 4.69) is 25.5 Å². The average Bonchev–Trinajstić information content (AvgIpc) is 3.34. The van der Waals surface area contributed by atoms with E-state index >= 15 is 0 Å². The maximum absolute atomic E-state index is 14.6. The molecule has 0 bridgehead atoms. The van der Waals surface area contributed by atoms with Crippen LogP contribution < -0.4 is 24.8 Å². The standard InChI is InChI=1S/C24H25F3N6O3/c1-34-15-6-5-13(19(8-15)35-2)12-29-24-30-18-10-20(36-23(26)27)17(25)9-16(18)22-31-21(32-33(22)24)14-4-3-7-28-11-14/h5-6,8-10,14,23,28H,3-4,7,11-12H2,1-2H3,(H,29,30). The molecule has 1 aliphatic rings. The second kappa shape index (κ2) is 10.1. The summed E-state index contributed by atoms with van der Waals surface area (Å²) in [6.45, 7) is -1.19. The van der Waals surface area contributed by atoms with E-state index in [1.165, 1.54) is 4.52 Å². The quantitative estimate of drug-likeness (QED) is 0.372. The molecule has 2 N–H and O–H groups in total. The van der Waals surface area contributed by atoms with Gasteiger partial charge in [0.25, 0.3) is 0 Å². The molecule has 1 saturated heterocycles. The van der Waals surface area contributed by atoms with Crippen LogP contribution in [0.15, 0.2) is 30.3 Å². The van der Waals surface area contributed by atoms with Crippen LogP contribution in [-0.4, -0.2) is 53.5 Å². The zero-order valence-corrected chi connectivity index (χ0v) is 19.7. The lowest BCUT2D eigenvalue weighted by atomic mass is 9.99. The topological polar surface area (TPSA) is 94.8 Å². The fraction of sp³-hybridized carbons (Fsp3) is 0.375. The third kappa shape index (κ3) is 4.68. The summed E-state index contributed by atoms with van der Waals surface area (Å²) in [5.74, 6) is 0.753. The van der Waals surface area contributed by atoms with Gasteiger partial charge in [0.1, 0.15) is 11.5 Å². The van der Waals surface area contributed by atoms with Crippen molar-refractivity contribution in [1.29, 1.82) is 0 Å². The summed E-state index contributed by atoms with van der Waals surface area (Å²) >= 11 is 0. The molecule has 0 spiro atoms.